The summed E-state index contributed by atoms with van der Waals surface area (Å²) in [6.45, 7) is 6.41. The van der Waals surface area contributed by atoms with Crippen molar-refractivity contribution in [1.29, 1.82) is 0 Å². The third kappa shape index (κ3) is 3.97. The minimum absolute atomic E-state index is 0.0338. The molecule has 1 aromatic carbocycles. The number of phenolic OH excluding ortho intramolecular Hbond substituents is 1. The third-order valence-corrected chi connectivity index (χ3v) is 5.21. The fourth-order valence-electron chi connectivity index (χ4n) is 4.00. The van der Waals surface area contributed by atoms with Gasteiger partial charge in [-0.25, -0.2) is 4.79 Å². The van der Waals surface area contributed by atoms with E-state index < -0.39 is 11.9 Å². The Morgan fingerprint density at radius 2 is 1.89 bits per heavy atom. The molecule has 0 amide bonds. The molecule has 0 spiro atoms. The molecule has 0 fully saturated rings. The number of rotatable bonds is 5. The molecule has 2 N–H and O–H groups in total. The number of Topliss-reactive ketones (excluding diaryl/α,β-unsaturated/α-hetero) is 1. The monoisotopic (exact) mass is 385 g/mol. The number of hydrogen-bond donors (Lipinski definition) is 2. The molecule has 1 aliphatic heterocycles. The topological polar surface area (TPSA) is 84.9 Å². The van der Waals surface area contributed by atoms with E-state index in [1.165, 1.54) is 0 Å². The predicted molar refractivity (Wildman–Crippen MR) is 105 cm³/mol. The summed E-state index contributed by atoms with van der Waals surface area (Å²) in [7, 11) is 1.54. The number of nitrogens with one attached hydrogen (secondary N) is 1. The Bertz CT molecular complexity index is 848. The van der Waals surface area contributed by atoms with Crippen LogP contribution in [0.2, 0.25) is 0 Å². The Morgan fingerprint density at radius 3 is 2.54 bits per heavy atom. The highest BCUT2D eigenvalue weighted by Gasteiger charge is 2.43. The second-order valence-corrected chi connectivity index (χ2v) is 8.15. The number of carbonyl (C=O) groups excluding carboxylic acids is 2. The zero-order valence-electron chi connectivity index (χ0n) is 16.8. The van der Waals surface area contributed by atoms with Gasteiger partial charge >= 0.3 is 5.97 Å². The molecule has 1 atom stereocenters. The first-order valence-corrected chi connectivity index (χ1v) is 9.42. The van der Waals surface area contributed by atoms with Crippen LogP contribution in [0.1, 0.15) is 45.1 Å². The van der Waals surface area contributed by atoms with E-state index in [1.807, 2.05) is 6.92 Å². The first-order chi connectivity index (χ1) is 13.2. The van der Waals surface area contributed by atoms with Gasteiger partial charge in [-0.05, 0) is 36.5 Å². The number of ether oxygens (including phenoxy) is 2. The number of allylic oxidation sites excluding steroid dienone is 3. The van der Waals surface area contributed by atoms with E-state index in [-0.39, 0.29) is 23.6 Å². The zero-order valence-corrected chi connectivity index (χ0v) is 16.8. The van der Waals surface area contributed by atoms with Crippen molar-refractivity contribution < 1.29 is 24.2 Å². The SMILES string of the molecule is COCCOC(=O)C1=C(C)NC2=C(C(=O)CC(C)(C)C2)[C@H]1c1ccc(O)cc1. The molecule has 1 aliphatic carbocycles. The predicted octanol–water partition coefficient (Wildman–Crippen LogP) is 3.19. The first kappa shape index (κ1) is 20.1. The molecule has 0 saturated carbocycles. The summed E-state index contributed by atoms with van der Waals surface area (Å²) < 4.78 is 10.3. The quantitative estimate of drug-likeness (QED) is 0.598. The highest BCUT2D eigenvalue weighted by molar-refractivity contribution is 6.04. The van der Waals surface area contributed by atoms with Gasteiger partial charge < -0.3 is 19.9 Å². The average molecular weight is 385 g/mol. The first-order valence-electron chi connectivity index (χ1n) is 9.42. The maximum atomic E-state index is 13.1. The van der Waals surface area contributed by atoms with Gasteiger partial charge in [0, 0.05) is 36.4 Å². The van der Waals surface area contributed by atoms with Gasteiger partial charge in [0.05, 0.1) is 12.2 Å². The zero-order chi connectivity index (χ0) is 20.5. The standard InChI is InChI=1S/C22H27NO5/c1-13-18(21(26)28-10-9-27-4)19(14-5-7-15(24)8-6-14)20-16(23-13)11-22(2,3)12-17(20)25/h5-8,19,23-24H,9-12H2,1-4H3/t19-/m0/s1. The molecule has 0 radical (unpaired) electrons. The molecular weight excluding hydrogens is 358 g/mol. The van der Waals surface area contributed by atoms with Gasteiger partial charge in [0.25, 0.3) is 0 Å². The van der Waals surface area contributed by atoms with Gasteiger partial charge in [-0.1, -0.05) is 26.0 Å². The minimum atomic E-state index is -0.518. The van der Waals surface area contributed by atoms with Crippen molar-refractivity contribution in [2.45, 2.75) is 39.5 Å². The smallest absolute Gasteiger partial charge is 0.336 e. The van der Waals surface area contributed by atoms with E-state index in [4.69, 9.17) is 9.47 Å². The van der Waals surface area contributed by atoms with Gasteiger partial charge in [0.2, 0.25) is 0 Å². The largest absolute Gasteiger partial charge is 0.508 e. The van der Waals surface area contributed by atoms with Crippen molar-refractivity contribution in [1.82, 2.24) is 5.32 Å². The van der Waals surface area contributed by atoms with Crippen molar-refractivity contribution in [3.05, 3.63) is 52.4 Å². The summed E-state index contributed by atoms with van der Waals surface area (Å²) in [6.07, 6.45) is 1.15. The lowest BCUT2D eigenvalue weighted by Gasteiger charge is -2.39. The second kappa shape index (κ2) is 7.80. The van der Waals surface area contributed by atoms with E-state index in [1.54, 1.807) is 31.4 Å². The fraction of sp³-hybridized carbons (Fsp3) is 0.455. The molecule has 0 aromatic heterocycles. The molecule has 0 saturated heterocycles. The molecular formula is C22H27NO5. The lowest BCUT2D eigenvalue weighted by atomic mass is 9.68. The maximum Gasteiger partial charge on any atom is 0.336 e. The van der Waals surface area contributed by atoms with Crippen LogP contribution in [0.5, 0.6) is 5.75 Å². The van der Waals surface area contributed by atoms with Crippen LogP contribution in [0.4, 0.5) is 0 Å². The van der Waals surface area contributed by atoms with E-state index in [2.05, 4.69) is 19.2 Å². The molecule has 3 rings (SSSR count). The Labute approximate surface area is 165 Å². The molecule has 0 bridgehead atoms. The molecule has 2 aliphatic rings. The molecule has 150 valence electrons. The van der Waals surface area contributed by atoms with E-state index in [0.29, 0.717) is 29.9 Å². The Morgan fingerprint density at radius 1 is 1.21 bits per heavy atom. The van der Waals surface area contributed by atoms with Gasteiger partial charge in [-0.3, -0.25) is 4.79 Å². The van der Waals surface area contributed by atoms with Crippen molar-refractivity contribution >= 4 is 11.8 Å². The van der Waals surface area contributed by atoms with Crippen molar-refractivity contribution in [3.8, 4) is 5.75 Å². The van der Waals surface area contributed by atoms with Gasteiger partial charge in [0.15, 0.2) is 5.78 Å². The average Bonchev–Trinajstić information content (AvgIpc) is 2.60. The summed E-state index contributed by atoms with van der Waals surface area (Å²) in [6, 6.07) is 6.63. The van der Waals surface area contributed by atoms with Crippen LogP contribution in [0.25, 0.3) is 0 Å². The highest BCUT2D eigenvalue weighted by atomic mass is 16.6. The fourth-order valence-corrected chi connectivity index (χ4v) is 4.00. The molecule has 6 heteroatoms. The summed E-state index contributed by atoms with van der Waals surface area (Å²) in [5.74, 6) is -0.820. The lowest BCUT2D eigenvalue weighted by molar-refractivity contribution is -0.140. The molecule has 1 heterocycles. The van der Waals surface area contributed by atoms with Crippen LogP contribution in [0.15, 0.2) is 46.8 Å². The number of dihydropyridines is 1. The second-order valence-electron chi connectivity index (χ2n) is 8.15. The highest BCUT2D eigenvalue weighted by Crippen LogP contribution is 2.46. The number of hydrogen-bond acceptors (Lipinski definition) is 6. The molecule has 0 unspecified atom stereocenters. The molecule has 1 aromatic rings. The minimum Gasteiger partial charge on any atom is -0.508 e. The van der Waals surface area contributed by atoms with Crippen molar-refractivity contribution in [2.75, 3.05) is 20.3 Å². The van der Waals surface area contributed by atoms with E-state index in [9.17, 15) is 14.7 Å². The van der Waals surface area contributed by atoms with Crippen LogP contribution >= 0.6 is 0 Å². The number of carbonyl (C=O) groups is 2. The van der Waals surface area contributed by atoms with E-state index >= 15 is 0 Å². The number of aromatic hydroxyl groups is 1. The lowest BCUT2D eigenvalue weighted by Crippen LogP contribution is -2.38. The van der Waals surface area contributed by atoms with E-state index in [0.717, 1.165) is 17.7 Å². The van der Waals surface area contributed by atoms with Crippen molar-refractivity contribution in [2.24, 2.45) is 5.41 Å². The summed E-state index contributed by atoms with van der Waals surface area (Å²) in [5.41, 5.74) is 3.23. The van der Waals surface area contributed by atoms with Crippen LogP contribution < -0.4 is 5.32 Å². The third-order valence-electron chi connectivity index (χ3n) is 5.21. The van der Waals surface area contributed by atoms with Crippen LogP contribution in [-0.2, 0) is 19.1 Å². The van der Waals surface area contributed by atoms with Gasteiger partial charge in [-0.15, -0.1) is 0 Å². The Balaban J connectivity index is 2.07. The number of ketones is 1. The van der Waals surface area contributed by atoms with Crippen molar-refractivity contribution in [3.63, 3.8) is 0 Å². The normalized spacial score (nSPS) is 21.3. The summed E-state index contributed by atoms with van der Waals surface area (Å²) in [5, 5.41) is 13.0. The number of methoxy groups -OCH3 is 1. The number of esters is 1. The maximum absolute atomic E-state index is 13.1. The molecule has 6 nitrogen and oxygen atoms in total. The molecule has 28 heavy (non-hydrogen) atoms. The van der Waals surface area contributed by atoms with Crippen LogP contribution in [0.3, 0.4) is 0 Å². The Kier molecular flexibility index (Phi) is 5.61. The number of phenols is 1. The summed E-state index contributed by atoms with van der Waals surface area (Å²) in [4.78, 5) is 26.0. The Hall–Kier alpha value is -2.60. The number of benzene rings is 1. The van der Waals surface area contributed by atoms with Gasteiger partial charge in [-0.2, -0.15) is 0 Å². The van der Waals surface area contributed by atoms with Crippen LogP contribution in [0, 0.1) is 5.41 Å². The summed E-state index contributed by atoms with van der Waals surface area (Å²) >= 11 is 0. The van der Waals surface area contributed by atoms with Gasteiger partial charge in [0.1, 0.15) is 12.4 Å². The van der Waals surface area contributed by atoms with Crippen LogP contribution in [-0.4, -0.2) is 37.2 Å².